The highest BCUT2D eigenvalue weighted by Gasteiger charge is 2.24. The van der Waals surface area contributed by atoms with Gasteiger partial charge in [-0.2, -0.15) is 5.10 Å². The number of benzene rings is 2. The summed E-state index contributed by atoms with van der Waals surface area (Å²) in [7, 11) is 0. The Morgan fingerprint density at radius 3 is 2.31 bits per heavy atom. The lowest BCUT2D eigenvalue weighted by Gasteiger charge is -2.20. The van der Waals surface area contributed by atoms with Crippen molar-refractivity contribution in [3.05, 3.63) is 57.6 Å². The third-order valence-electron chi connectivity index (χ3n) is 4.37. The topological polar surface area (TPSA) is 89.0 Å². The van der Waals surface area contributed by atoms with Crippen LogP contribution in [0.5, 0.6) is 11.5 Å². The maximum absolute atomic E-state index is 12.6. The van der Waals surface area contributed by atoms with Crippen LogP contribution in [0.2, 0.25) is 10.0 Å². The Balaban J connectivity index is 2.06. The van der Waals surface area contributed by atoms with Crippen molar-refractivity contribution < 1.29 is 19.1 Å². The quantitative estimate of drug-likeness (QED) is 0.381. The van der Waals surface area contributed by atoms with Crippen LogP contribution in [0.4, 0.5) is 0 Å². The van der Waals surface area contributed by atoms with Crippen molar-refractivity contribution in [2.24, 2.45) is 11.0 Å². The summed E-state index contributed by atoms with van der Waals surface area (Å²) in [6, 6.07) is 9.08. The Morgan fingerprint density at radius 2 is 1.69 bits per heavy atom. The predicted molar refractivity (Wildman–Crippen MR) is 127 cm³/mol. The van der Waals surface area contributed by atoms with Gasteiger partial charge in [0.1, 0.15) is 6.04 Å². The van der Waals surface area contributed by atoms with Crippen LogP contribution in [0, 0.1) is 5.92 Å². The number of carbonyl (C=O) groups is 2. The minimum absolute atomic E-state index is 0.174. The van der Waals surface area contributed by atoms with E-state index in [1.807, 2.05) is 27.7 Å². The van der Waals surface area contributed by atoms with Crippen molar-refractivity contribution in [1.82, 2.24) is 10.7 Å². The SMILES string of the molecule is CCOc1ccc(/C=N\NC(=O)C(NC(=O)c2ccc(Cl)c(Cl)c2)C(C)C)cc1OCC. The van der Waals surface area contributed by atoms with E-state index in [2.05, 4.69) is 15.8 Å². The molecule has 1 unspecified atom stereocenters. The molecule has 2 aromatic rings. The molecular weight excluding hydrogens is 453 g/mol. The summed E-state index contributed by atoms with van der Waals surface area (Å²) in [6.45, 7) is 8.44. The smallest absolute Gasteiger partial charge is 0.262 e. The van der Waals surface area contributed by atoms with Gasteiger partial charge in [0, 0.05) is 5.56 Å². The Bertz CT molecular complexity index is 980. The normalized spacial score (nSPS) is 12.0. The number of rotatable bonds is 10. The van der Waals surface area contributed by atoms with Crippen LogP contribution in [0.3, 0.4) is 0 Å². The van der Waals surface area contributed by atoms with E-state index in [1.54, 1.807) is 24.3 Å². The van der Waals surface area contributed by atoms with E-state index in [1.165, 1.54) is 18.3 Å². The molecule has 0 saturated heterocycles. The number of nitrogens with zero attached hydrogens (tertiary/aromatic N) is 1. The zero-order valence-electron chi connectivity index (χ0n) is 18.4. The second-order valence-electron chi connectivity index (χ2n) is 7.13. The highest BCUT2D eigenvalue weighted by Crippen LogP contribution is 2.28. The molecule has 0 fully saturated rings. The first-order chi connectivity index (χ1) is 15.3. The molecule has 2 rings (SSSR count). The molecule has 0 aliphatic rings. The van der Waals surface area contributed by atoms with Gasteiger partial charge in [-0.1, -0.05) is 37.0 Å². The molecule has 0 spiro atoms. The van der Waals surface area contributed by atoms with E-state index in [9.17, 15) is 9.59 Å². The molecule has 7 nitrogen and oxygen atoms in total. The molecule has 0 bridgehead atoms. The van der Waals surface area contributed by atoms with Crippen molar-refractivity contribution in [3.8, 4) is 11.5 Å². The molecule has 0 radical (unpaired) electrons. The van der Waals surface area contributed by atoms with E-state index < -0.39 is 17.9 Å². The van der Waals surface area contributed by atoms with E-state index >= 15 is 0 Å². The molecule has 0 aromatic heterocycles. The van der Waals surface area contributed by atoms with E-state index in [0.29, 0.717) is 35.3 Å². The van der Waals surface area contributed by atoms with Crippen molar-refractivity contribution in [2.75, 3.05) is 13.2 Å². The largest absolute Gasteiger partial charge is 0.490 e. The zero-order chi connectivity index (χ0) is 23.7. The molecular formula is C23H27Cl2N3O4. The summed E-state index contributed by atoms with van der Waals surface area (Å²) in [5.74, 6) is 0.181. The minimum atomic E-state index is -0.798. The highest BCUT2D eigenvalue weighted by molar-refractivity contribution is 6.42. The van der Waals surface area contributed by atoms with Gasteiger partial charge in [0.15, 0.2) is 11.5 Å². The number of nitrogens with one attached hydrogen (secondary N) is 2. The summed E-state index contributed by atoms with van der Waals surface area (Å²) < 4.78 is 11.1. The van der Waals surface area contributed by atoms with Gasteiger partial charge in [0.05, 0.1) is 29.5 Å². The van der Waals surface area contributed by atoms with Crippen molar-refractivity contribution in [1.29, 1.82) is 0 Å². The molecule has 32 heavy (non-hydrogen) atoms. The fraction of sp³-hybridized carbons (Fsp3) is 0.348. The lowest BCUT2D eigenvalue weighted by molar-refractivity contribution is -0.123. The summed E-state index contributed by atoms with van der Waals surface area (Å²) in [5, 5.41) is 7.33. The number of amides is 2. The van der Waals surface area contributed by atoms with Crippen LogP contribution in [-0.2, 0) is 4.79 Å². The molecule has 0 heterocycles. The van der Waals surface area contributed by atoms with Crippen LogP contribution in [0.15, 0.2) is 41.5 Å². The minimum Gasteiger partial charge on any atom is -0.490 e. The molecule has 9 heteroatoms. The Kier molecular flexibility index (Phi) is 9.81. The highest BCUT2D eigenvalue weighted by atomic mass is 35.5. The van der Waals surface area contributed by atoms with Crippen LogP contribution < -0.4 is 20.2 Å². The van der Waals surface area contributed by atoms with Crippen LogP contribution in [0.1, 0.15) is 43.6 Å². The number of hydrazone groups is 1. The Labute approximate surface area is 198 Å². The van der Waals surface area contributed by atoms with Gasteiger partial charge in [-0.15, -0.1) is 0 Å². The first-order valence-electron chi connectivity index (χ1n) is 10.2. The molecule has 0 aliphatic heterocycles. The lowest BCUT2D eigenvalue weighted by atomic mass is 10.0. The van der Waals surface area contributed by atoms with Gasteiger partial charge < -0.3 is 14.8 Å². The van der Waals surface area contributed by atoms with Gasteiger partial charge in [0.25, 0.3) is 11.8 Å². The molecule has 172 valence electrons. The summed E-state index contributed by atoms with van der Waals surface area (Å²) >= 11 is 11.9. The fourth-order valence-corrected chi connectivity index (χ4v) is 3.08. The third kappa shape index (κ3) is 7.14. The molecule has 1 atom stereocenters. The first kappa shape index (κ1) is 25.5. The van der Waals surface area contributed by atoms with Gasteiger partial charge in [-0.25, -0.2) is 5.43 Å². The molecule has 2 aromatic carbocycles. The predicted octanol–water partition coefficient (Wildman–Crippen LogP) is 4.70. The molecule has 0 aliphatic carbocycles. The lowest BCUT2D eigenvalue weighted by Crippen LogP contribution is -2.48. The number of halogens is 2. The van der Waals surface area contributed by atoms with E-state index in [4.69, 9.17) is 32.7 Å². The van der Waals surface area contributed by atoms with Gasteiger partial charge in [-0.05, 0) is 61.7 Å². The van der Waals surface area contributed by atoms with Crippen LogP contribution in [-0.4, -0.2) is 37.3 Å². The fourth-order valence-electron chi connectivity index (χ4n) is 2.78. The van der Waals surface area contributed by atoms with Crippen molar-refractivity contribution >= 4 is 41.2 Å². The summed E-state index contributed by atoms with van der Waals surface area (Å²) in [6.07, 6.45) is 1.49. The van der Waals surface area contributed by atoms with Gasteiger partial charge in [-0.3, -0.25) is 9.59 Å². The van der Waals surface area contributed by atoms with Crippen LogP contribution >= 0.6 is 23.2 Å². The first-order valence-corrected chi connectivity index (χ1v) is 11.0. The van der Waals surface area contributed by atoms with Crippen molar-refractivity contribution in [3.63, 3.8) is 0 Å². The van der Waals surface area contributed by atoms with Gasteiger partial charge in [0.2, 0.25) is 0 Å². The van der Waals surface area contributed by atoms with Crippen LogP contribution in [0.25, 0.3) is 0 Å². The number of carbonyl (C=O) groups excluding carboxylic acids is 2. The third-order valence-corrected chi connectivity index (χ3v) is 5.11. The summed E-state index contributed by atoms with van der Waals surface area (Å²) in [5.41, 5.74) is 3.50. The molecule has 2 N–H and O–H groups in total. The maximum Gasteiger partial charge on any atom is 0.262 e. The standard InChI is InChI=1S/C23H27Cl2N3O4/c1-5-31-19-10-7-15(11-20(19)32-6-2)13-26-28-23(30)21(14(3)4)27-22(29)16-8-9-17(24)18(25)12-16/h7-14,21H,5-6H2,1-4H3,(H,27,29)(H,28,30)/b26-13-. The average molecular weight is 480 g/mol. The maximum atomic E-state index is 12.6. The zero-order valence-corrected chi connectivity index (χ0v) is 20.0. The summed E-state index contributed by atoms with van der Waals surface area (Å²) in [4.78, 5) is 25.2. The van der Waals surface area contributed by atoms with Crippen molar-refractivity contribution in [2.45, 2.75) is 33.7 Å². The number of hydrogen-bond acceptors (Lipinski definition) is 5. The Morgan fingerprint density at radius 1 is 1.00 bits per heavy atom. The number of ether oxygens (including phenoxy) is 2. The average Bonchev–Trinajstić information content (AvgIpc) is 2.75. The second kappa shape index (κ2) is 12.3. The van der Waals surface area contributed by atoms with E-state index in [-0.39, 0.29) is 10.9 Å². The van der Waals surface area contributed by atoms with Gasteiger partial charge >= 0.3 is 0 Å². The monoisotopic (exact) mass is 479 g/mol. The van der Waals surface area contributed by atoms with E-state index in [0.717, 1.165) is 5.56 Å². The second-order valence-corrected chi connectivity index (χ2v) is 7.94. The molecule has 0 saturated carbocycles. The molecule has 2 amide bonds. The number of hydrogen-bond donors (Lipinski definition) is 2. The Hall–Kier alpha value is -2.77.